The lowest BCUT2D eigenvalue weighted by Crippen LogP contribution is -2.11. The van der Waals surface area contributed by atoms with Gasteiger partial charge in [-0.1, -0.05) is 41.9 Å². The molecule has 2 aromatic rings. The molecule has 4 nitrogen and oxygen atoms in total. The van der Waals surface area contributed by atoms with Crippen LogP contribution in [0.1, 0.15) is 16.7 Å². The number of hydrogen-bond donors (Lipinski definition) is 3. The molecule has 2 aromatic carbocycles. The van der Waals surface area contributed by atoms with Gasteiger partial charge in [0, 0.05) is 21.7 Å². The summed E-state index contributed by atoms with van der Waals surface area (Å²) in [5.74, 6) is 0.603. The molecule has 0 fully saturated rings. The quantitative estimate of drug-likeness (QED) is 0.585. The fraction of sp³-hybridized carbons (Fsp3) is 0.133. The summed E-state index contributed by atoms with van der Waals surface area (Å²) in [6.07, 6.45) is 0. The fourth-order valence-corrected chi connectivity index (χ4v) is 2.00. The van der Waals surface area contributed by atoms with Crippen molar-refractivity contribution in [3.8, 4) is 5.75 Å². The lowest BCUT2D eigenvalue weighted by molar-refractivity contribution is 0.259. The molecule has 0 unspecified atom stereocenters. The summed E-state index contributed by atoms with van der Waals surface area (Å²) >= 11 is 6.13. The van der Waals surface area contributed by atoms with Crippen LogP contribution in [0.2, 0.25) is 5.02 Å². The molecule has 5 heteroatoms. The van der Waals surface area contributed by atoms with Gasteiger partial charge in [-0.05, 0) is 12.1 Å². The Balaban J connectivity index is 2.13. The number of nitrogens with two attached hydrogens (primary N) is 1. The third kappa shape index (κ3) is 3.29. The molecular weight excluding hydrogens is 276 g/mol. The third-order valence-electron chi connectivity index (χ3n) is 2.89. The number of aliphatic hydroxyl groups is 1. The van der Waals surface area contributed by atoms with E-state index in [1.54, 1.807) is 30.3 Å². The van der Waals surface area contributed by atoms with Crippen molar-refractivity contribution in [3.05, 3.63) is 64.2 Å². The minimum absolute atomic E-state index is 0.0232. The van der Waals surface area contributed by atoms with Gasteiger partial charge in [0.25, 0.3) is 0 Å². The molecule has 104 valence electrons. The van der Waals surface area contributed by atoms with Gasteiger partial charge in [0.05, 0.1) is 6.61 Å². The van der Waals surface area contributed by atoms with E-state index in [0.717, 1.165) is 11.1 Å². The van der Waals surface area contributed by atoms with E-state index in [0.29, 0.717) is 16.3 Å². The van der Waals surface area contributed by atoms with Gasteiger partial charge in [-0.3, -0.25) is 5.41 Å². The van der Waals surface area contributed by atoms with Gasteiger partial charge in [0.15, 0.2) is 0 Å². The monoisotopic (exact) mass is 290 g/mol. The first-order chi connectivity index (χ1) is 9.61. The van der Waals surface area contributed by atoms with Crippen LogP contribution in [-0.2, 0) is 13.2 Å². The molecule has 20 heavy (non-hydrogen) atoms. The first-order valence-electron chi connectivity index (χ1n) is 6.06. The SMILES string of the molecule is N=C(N)c1ccc(COc2ccccc2CO)c(Cl)c1. The van der Waals surface area contributed by atoms with Crippen molar-refractivity contribution in [3.63, 3.8) is 0 Å². The number of aliphatic hydroxyl groups excluding tert-OH is 1. The number of amidine groups is 1. The smallest absolute Gasteiger partial charge is 0.125 e. The number of nitrogens with one attached hydrogen (secondary N) is 1. The highest BCUT2D eigenvalue weighted by Crippen LogP contribution is 2.22. The zero-order valence-electron chi connectivity index (χ0n) is 10.8. The normalized spacial score (nSPS) is 10.3. The Morgan fingerprint density at radius 1 is 1.20 bits per heavy atom. The van der Waals surface area contributed by atoms with Crippen LogP contribution in [-0.4, -0.2) is 10.9 Å². The highest BCUT2D eigenvalue weighted by atomic mass is 35.5. The van der Waals surface area contributed by atoms with Crippen molar-refractivity contribution >= 4 is 17.4 Å². The molecular formula is C15H15ClN2O2. The molecule has 0 saturated carbocycles. The van der Waals surface area contributed by atoms with E-state index in [9.17, 15) is 5.11 Å². The van der Waals surface area contributed by atoms with Crippen LogP contribution in [0.3, 0.4) is 0 Å². The number of ether oxygens (including phenoxy) is 1. The highest BCUT2D eigenvalue weighted by molar-refractivity contribution is 6.31. The van der Waals surface area contributed by atoms with E-state index in [-0.39, 0.29) is 19.0 Å². The Morgan fingerprint density at radius 3 is 2.60 bits per heavy atom. The van der Waals surface area contributed by atoms with Crippen LogP contribution >= 0.6 is 11.6 Å². The second-order valence-corrected chi connectivity index (χ2v) is 4.68. The number of para-hydroxylation sites is 1. The molecule has 0 bridgehead atoms. The van der Waals surface area contributed by atoms with Gasteiger partial charge in [-0.2, -0.15) is 0 Å². The maximum atomic E-state index is 9.22. The third-order valence-corrected chi connectivity index (χ3v) is 3.24. The van der Waals surface area contributed by atoms with Gasteiger partial charge in [-0.25, -0.2) is 0 Å². The van der Waals surface area contributed by atoms with Crippen LogP contribution in [0, 0.1) is 5.41 Å². The minimum atomic E-state index is -0.0762. The predicted molar refractivity (Wildman–Crippen MR) is 79.2 cm³/mol. The summed E-state index contributed by atoms with van der Waals surface area (Å²) in [5, 5.41) is 17.1. The van der Waals surface area contributed by atoms with Crippen molar-refractivity contribution in [1.82, 2.24) is 0 Å². The van der Waals surface area contributed by atoms with Crippen LogP contribution < -0.4 is 10.5 Å². The molecule has 2 rings (SSSR count). The van der Waals surface area contributed by atoms with E-state index >= 15 is 0 Å². The fourth-order valence-electron chi connectivity index (χ4n) is 1.76. The van der Waals surface area contributed by atoms with Gasteiger partial charge in [0.1, 0.15) is 18.2 Å². The zero-order chi connectivity index (χ0) is 14.5. The van der Waals surface area contributed by atoms with Gasteiger partial charge < -0.3 is 15.6 Å². The average Bonchev–Trinajstić information content (AvgIpc) is 2.46. The number of benzene rings is 2. The molecule has 0 heterocycles. The molecule has 0 aliphatic rings. The van der Waals surface area contributed by atoms with E-state index in [1.807, 2.05) is 12.1 Å². The molecule has 0 radical (unpaired) electrons. The Kier molecular flexibility index (Phi) is 4.61. The lowest BCUT2D eigenvalue weighted by Gasteiger charge is -2.11. The van der Waals surface area contributed by atoms with Crippen molar-refractivity contribution in [2.75, 3.05) is 0 Å². The number of hydrogen-bond acceptors (Lipinski definition) is 3. The van der Waals surface area contributed by atoms with Gasteiger partial charge in [0.2, 0.25) is 0 Å². The number of halogens is 1. The lowest BCUT2D eigenvalue weighted by atomic mass is 10.1. The summed E-state index contributed by atoms with van der Waals surface area (Å²) in [6, 6.07) is 12.4. The van der Waals surface area contributed by atoms with E-state index in [4.69, 9.17) is 27.5 Å². The second-order valence-electron chi connectivity index (χ2n) is 4.27. The van der Waals surface area contributed by atoms with Crippen LogP contribution in [0.5, 0.6) is 5.75 Å². The van der Waals surface area contributed by atoms with Crippen LogP contribution in [0.15, 0.2) is 42.5 Å². The molecule has 0 aliphatic heterocycles. The Labute approximate surface area is 122 Å². The Hall–Kier alpha value is -2.04. The van der Waals surface area contributed by atoms with Crippen molar-refractivity contribution in [2.24, 2.45) is 5.73 Å². The molecule has 0 aliphatic carbocycles. The minimum Gasteiger partial charge on any atom is -0.488 e. The molecule has 0 aromatic heterocycles. The molecule has 4 N–H and O–H groups in total. The Bertz CT molecular complexity index is 629. The largest absolute Gasteiger partial charge is 0.488 e. The van der Waals surface area contributed by atoms with Gasteiger partial charge >= 0.3 is 0 Å². The maximum Gasteiger partial charge on any atom is 0.125 e. The molecule has 0 amide bonds. The van der Waals surface area contributed by atoms with Crippen LogP contribution in [0.4, 0.5) is 0 Å². The summed E-state index contributed by atoms with van der Waals surface area (Å²) in [5.41, 5.74) is 7.50. The second kappa shape index (κ2) is 6.41. The van der Waals surface area contributed by atoms with Crippen molar-refractivity contribution < 1.29 is 9.84 Å². The summed E-state index contributed by atoms with van der Waals surface area (Å²) in [6.45, 7) is 0.210. The summed E-state index contributed by atoms with van der Waals surface area (Å²) in [4.78, 5) is 0. The standard InChI is InChI=1S/C15H15ClN2O2/c16-13-7-10(15(17)18)5-6-12(13)9-20-14-4-2-1-3-11(14)8-19/h1-7,19H,8-9H2,(H3,17,18). The van der Waals surface area contributed by atoms with Crippen molar-refractivity contribution in [2.45, 2.75) is 13.2 Å². The molecule has 0 atom stereocenters. The first kappa shape index (κ1) is 14.4. The number of rotatable bonds is 5. The van der Waals surface area contributed by atoms with E-state index < -0.39 is 0 Å². The summed E-state index contributed by atoms with van der Waals surface area (Å²) in [7, 11) is 0. The predicted octanol–water partition coefficient (Wildman–Crippen LogP) is 2.70. The van der Waals surface area contributed by atoms with E-state index in [1.165, 1.54) is 0 Å². The molecule has 0 saturated heterocycles. The number of nitrogen functional groups attached to an aromatic ring is 1. The summed E-state index contributed by atoms with van der Waals surface area (Å²) < 4.78 is 5.67. The maximum absolute atomic E-state index is 9.22. The van der Waals surface area contributed by atoms with Crippen molar-refractivity contribution in [1.29, 1.82) is 5.41 Å². The van der Waals surface area contributed by atoms with E-state index in [2.05, 4.69) is 0 Å². The average molecular weight is 291 g/mol. The highest BCUT2D eigenvalue weighted by Gasteiger charge is 2.06. The Morgan fingerprint density at radius 2 is 1.95 bits per heavy atom. The van der Waals surface area contributed by atoms with Crippen LogP contribution in [0.25, 0.3) is 0 Å². The molecule has 0 spiro atoms. The van der Waals surface area contributed by atoms with Gasteiger partial charge in [-0.15, -0.1) is 0 Å². The zero-order valence-corrected chi connectivity index (χ0v) is 11.5. The first-order valence-corrected chi connectivity index (χ1v) is 6.44. The topological polar surface area (TPSA) is 79.3 Å².